The molecule has 0 aliphatic rings. The van der Waals surface area contributed by atoms with Crippen LogP contribution in [-0.2, 0) is 14.8 Å². The molecule has 0 radical (unpaired) electrons. The van der Waals surface area contributed by atoms with Crippen LogP contribution in [-0.4, -0.2) is 53.6 Å². The minimum absolute atomic E-state index is 0.0103. The number of nitrogens with one attached hydrogen (secondary N) is 1. The van der Waals surface area contributed by atoms with E-state index in [4.69, 9.17) is 14.2 Å². The van der Waals surface area contributed by atoms with E-state index in [1.165, 1.54) is 39.5 Å². The third kappa shape index (κ3) is 5.97. The van der Waals surface area contributed by atoms with Crippen LogP contribution in [0.1, 0.15) is 49.4 Å². The molecule has 0 aliphatic carbocycles. The number of nitrogens with zero attached hydrogens (tertiary/aromatic N) is 1. The van der Waals surface area contributed by atoms with E-state index in [0.717, 1.165) is 26.7 Å². The third-order valence-corrected chi connectivity index (χ3v) is 7.31. The van der Waals surface area contributed by atoms with Crippen LogP contribution in [0.2, 0.25) is 0 Å². The molecular weight excluding hydrogens is 444 g/mol. The lowest BCUT2D eigenvalue weighted by molar-refractivity contribution is -0.121. The highest BCUT2D eigenvalue weighted by atomic mass is 32.2. The van der Waals surface area contributed by atoms with Gasteiger partial charge in [0.25, 0.3) is 0 Å². The standard InChI is InChI=1S/C24H34N2O6S/c1-15(2)19-13-20(16(3)11-22(19)31-7)17(4)25-24(27)14-26(5)33(28,29)18-9-10-21(30-6)23(12-18)32-8/h9-13,15,17H,14H2,1-8H3,(H,25,27)/t17-/m0/s1. The molecule has 0 spiro atoms. The minimum atomic E-state index is -3.91. The summed E-state index contributed by atoms with van der Waals surface area (Å²) in [4.78, 5) is 12.7. The highest BCUT2D eigenvalue weighted by molar-refractivity contribution is 7.89. The van der Waals surface area contributed by atoms with Crippen LogP contribution < -0.4 is 19.5 Å². The maximum atomic E-state index is 13.0. The molecule has 0 fully saturated rings. The molecule has 1 N–H and O–H groups in total. The van der Waals surface area contributed by atoms with Crippen molar-refractivity contribution in [1.29, 1.82) is 0 Å². The Morgan fingerprint density at radius 2 is 1.55 bits per heavy atom. The highest BCUT2D eigenvalue weighted by Crippen LogP contribution is 2.32. The lowest BCUT2D eigenvalue weighted by atomic mass is 9.93. The summed E-state index contributed by atoms with van der Waals surface area (Å²) in [5.41, 5.74) is 2.99. The van der Waals surface area contributed by atoms with Crippen LogP contribution in [0, 0.1) is 6.92 Å². The molecular formula is C24H34N2O6S. The van der Waals surface area contributed by atoms with Crippen molar-refractivity contribution < 1.29 is 27.4 Å². The number of benzene rings is 2. The van der Waals surface area contributed by atoms with E-state index >= 15 is 0 Å². The number of ether oxygens (including phenoxy) is 3. The Morgan fingerprint density at radius 3 is 2.09 bits per heavy atom. The lowest BCUT2D eigenvalue weighted by Gasteiger charge is -2.22. The summed E-state index contributed by atoms with van der Waals surface area (Å²) >= 11 is 0. The van der Waals surface area contributed by atoms with Gasteiger partial charge in [0.1, 0.15) is 5.75 Å². The Morgan fingerprint density at radius 1 is 0.939 bits per heavy atom. The second-order valence-electron chi connectivity index (χ2n) is 8.17. The minimum Gasteiger partial charge on any atom is -0.496 e. The fourth-order valence-corrected chi connectivity index (χ4v) is 4.76. The number of rotatable bonds is 10. The van der Waals surface area contributed by atoms with E-state index in [-0.39, 0.29) is 23.4 Å². The van der Waals surface area contributed by atoms with Gasteiger partial charge in [-0.1, -0.05) is 13.8 Å². The summed E-state index contributed by atoms with van der Waals surface area (Å²) in [5, 5.41) is 2.91. The van der Waals surface area contributed by atoms with Gasteiger partial charge in [-0.3, -0.25) is 4.79 Å². The lowest BCUT2D eigenvalue weighted by Crippen LogP contribution is -2.39. The van der Waals surface area contributed by atoms with Crippen molar-refractivity contribution in [2.75, 3.05) is 34.9 Å². The largest absolute Gasteiger partial charge is 0.496 e. The van der Waals surface area contributed by atoms with Crippen LogP contribution in [0.25, 0.3) is 0 Å². The molecule has 1 atom stereocenters. The van der Waals surface area contributed by atoms with Gasteiger partial charge < -0.3 is 19.5 Å². The van der Waals surface area contributed by atoms with E-state index in [1.54, 1.807) is 7.11 Å². The fourth-order valence-electron chi connectivity index (χ4n) is 3.62. The predicted molar refractivity (Wildman–Crippen MR) is 128 cm³/mol. The van der Waals surface area contributed by atoms with Gasteiger partial charge in [-0.15, -0.1) is 0 Å². The normalized spacial score (nSPS) is 12.5. The first-order valence-electron chi connectivity index (χ1n) is 10.6. The molecule has 1 amide bonds. The number of aryl methyl sites for hydroxylation is 1. The quantitative estimate of drug-likeness (QED) is 0.560. The van der Waals surface area contributed by atoms with Crippen molar-refractivity contribution in [2.45, 2.75) is 44.6 Å². The Balaban J connectivity index is 2.18. The number of carbonyl (C=O) groups excluding carboxylic acids is 1. The Bertz CT molecular complexity index is 1100. The number of likely N-dealkylation sites (N-methyl/N-ethyl adjacent to an activating group) is 1. The van der Waals surface area contributed by atoms with E-state index in [1.807, 2.05) is 26.0 Å². The molecule has 2 rings (SSSR count). The fraction of sp³-hybridized carbons (Fsp3) is 0.458. The van der Waals surface area contributed by atoms with Gasteiger partial charge in [0.2, 0.25) is 15.9 Å². The topological polar surface area (TPSA) is 94.2 Å². The van der Waals surface area contributed by atoms with Gasteiger partial charge >= 0.3 is 0 Å². The SMILES string of the molecule is COc1ccc(S(=O)(=O)N(C)CC(=O)N[C@@H](C)c2cc(C(C)C)c(OC)cc2C)cc1OC. The van der Waals surface area contributed by atoms with E-state index in [2.05, 4.69) is 19.2 Å². The monoisotopic (exact) mass is 478 g/mol. The number of hydrogen-bond donors (Lipinski definition) is 1. The molecule has 33 heavy (non-hydrogen) atoms. The van der Waals surface area contributed by atoms with Crippen LogP contribution in [0.5, 0.6) is 17.2 Å². The molecule has 0 aliphatic heterocycles. The van der Waals surface area contributed by atoms with Gasteiger partial charge in [-0.25, -0.2) is 8.42 Å². The average molecular weight is 479 g/mol. The van der Waals surface area contributed by atoms with Crippen molar-refractivity contribution in [3.05, 3.63) is 47.0 Å². The van der Waals surface area contributed by atoms with Gasteiger partial charge in [-0.05, 0) is 60.7 Å². The molecule has 9 heteroatoms. The maximum Gasteiger partial charge on any atom is 0.243 e. The van der Waals surface area contributed by atoms with E-state index in [9.17, 15) is 13.2 Å². The molecule has 0 saturated heterocycles. The van der Waals surface area contributed by atoms with Crippen LogP contribution >= 0.6 is 0 Å². The summed E-state index contributed by atoms with van der Waals surface area (Å²) in [6.07, 6.45) is 0. The van der Waals surface area contributed by atoms with Crippen molar-refractivity contribution in [1.82, 2.24) is 9.62 Å². The van der Waals surface area contributed by atoms with Crippen molar-refractivity contribution in [3.8, 4) is 17.2 Å². The van der Waals surface area contributed by atoms with Crippen molar-refractivity contribution >= 4 is 15.9 Å². The van der Waals surface area contributed by atoms with Gasteiger partial charge in [-0.2, -0.15) is 4.31 Å². The molecule has 0 saturated carbocycles. The number of hydrogen-bond acceptors (Lipinski definition) is 6. The zero-order chi connectivity index (χ0) is 24.9. The highest BCUT2D eigenvalue weighted by Gasteiger charge is 2.25. The number of amides is 1. The summed E-state index contributed by atoms with van der Waals surface area (Å²) in [5.74, 6) is 1.36. The van der Waals surface area contributed by atoms with Gasteiger partial charge in [0.15, 0.2) is 11.5 Å². The van der Waals surface area contributed by atoms with Crippen LogP contribution in [0.15, 0.2) is 35.2 Å². The van der Waals surface area contributed by atoms with Crippen LogP contribution in [0.3, 0.4) is 0 Å². The molecule has 8 nitrogen and oxygen atoms in total. The third-order valence-electron chi connectivity index (χ3n) is 5.51. The van der Waals surface area contributed by atoms with Crippen LogP contribution in [0.4, 0.5) is 0 Å². The Labute approximate surface area is 196 Å². The summed E-state index contributed by atoms with van der Waals surface area (Å²) < 4.78 is 42.8. The molecule has 2 aromatic carbocycles. The first-order chi connectivity index (χ1) is 15.5. The van der Waals surface area contributed by atoms with Gasteiger partial charge in [0.05, 0.1) is 38.8 Å². The zero-order valence-corrected chi connectivity index (χ0v) is 21.4. The van der Waals surface area contributed by atoms with Crippen molar-refractivity contribution in [3.63, 3.8) is 0 Å². The molecule has 0 unspecified atom stereocenters. The first kappa shape index (κ1) is 26.5. The Hall–Kier alpha value is -2.78. The van der Waals surface area contributed by atoms with Crippen molar-refractivity contribution in [2.24, 2.45) is 0 Å². The molecule has 2 aromatic rings. The Kier molecular flexibility index (Phi) is 8.74. The molecule has 0 bridgehead atoms. The van der Waals surface area contributed by atoms with E-state index < -0.39 is 15.9 Å². The molecule has 0 aromatic heterocycles. The number of carbonyl (C=O) groups is 1. The summed E-state index contributed by atoms with van der Waals surface area (Å²) in [7, 11) is 2.00. The second kappa shape index (κ2) is 10.9. The number of sulfonamides is 1. The maximum absolute atomic E-state index is 13.0. The predicted octanol–water partition coefficient (Wildman–Crippen LogP) is 3.64. The molecule has 0 heterocycles. The smallest absolute Gasteiger partial charge is 0.243 e. The average Bonchev–Trinajstić information content (AvgIpc) is 2.77. The van der Waals surface area contributed by atoms with E-state index in [0.29, 0.717) is 11.5 Å². The summed E-state index contributed by atoms with van der Waals surface area (Å²) in [6.45, 7) is 7.66. The zero-order valence-electron chi connectivity index (χ0n) is 20.6. The number of methoxy groups -OCH3 is 3. The molecule has 182 valence electrons. The summed E-state index contributed by atoms with van der Waals surface area (Å²) in [6, 6.07) is 7.99. The van der Waals surface area contributed by atoms with Gasteiger partial charge in [0, 0.05) is 13.1 Å². The second-order valence-corrected chi connectivity index (χ2v) is 10.2. The first-order valence-corrected chi connectivity index (χ1v) is 12.1.